The quantitative estimate of drug-likeness (QED) is 0.477. The molecule has 0 bridgehead atoms. The molecule has 33 heavy (non-hydrogen) atoms. The van der Waals surface area contributed by atoms with Crippen molar-refractivity contribution in [2.45, 2.75) is 11.1 Å². The van der Waals surface area contributed by atoms with Crippen LogP contribution < -0.4 is 0 Å². The van der Waals surface area contributed by atoms with E-state index in [0.29, 0.717) is 11.1 Å². The zero-order valence-electron chi connectivity index (χ0n) is 17.6. The van der Waals surface area contributed by atoms with Crippen molar-refractivity contribution in [3.63, 3.8) is 0 Å². The average Bonchev–Trinajstić information content (AvgIpc) is 3.19. The predicted octanol–water partition coefficient (Wildman–Crippen LogP) is 3.32. The molecule has 3 rings (SSSR count). The Morgan fingerprint density at radius 1 is 0.939 bits per heavy atom. The van der Waals surface area contributed by atoms with Crippen molar-refractivity contribution in [2.75, 3.05) is 20.5 Å². The van der Waals surface area contributed by atoms with Crippen molar-refractivity contribution in [1.82, 2.24) is 4.98 Å². The number of halogens is 3. The van der Waals surface area contributed by atoms with Gasteiger partial charge < -0.3 is 9.47 Å². The molecule has 0 saturated carbocycles. The van der Waals surface area contributed by atoms with Gasteiger partial charge in [-0.1, -0.05) is 18.2 Å². The third-order valence-electron chi connectivity index (χ3n) is 5.09. The maximum absolute atomic E-state index is 12.9. The molecule has 7 nitrogen and oxygen atoms in total. The molecule has 0 atom stereocenters. The van der Waals surface area contributed by atoms with Crippen LogP contribution in [0.2, 0.25) is 0 Å². The lowest BCUT2D eigenvalue weighted by Gasteiger charge is -2.25. The number of rotatable bonds is 5. The number of sulfone groups is 1. The summed E-state index contributed by atoms with van der Waals surface area (Å²) in [5.41, 5.74) is -2.38. The van der Waals surface area contributed by atoms with Crippen LogP contribution in [0, 0.1) is 5.41 Å². The Balaban J connectivity index is 2.20. The maximum atomic E-state index is 12.9. The second kappa shape index (κ2) is 8.47. The van der Waals surface area contributed by atoms with Gasteiger partial charge in [-0.25, -0.2) is 8.42 Å². The van der Waals surface area contributed by atoms with Gasteiger partial charge in [0.2, 0.25) is 5.41 Å². The molecule has 1 aromatic heterocycles. The van der Waals surface area contributed by atoms with Gasteiger partial charge in [0.15, 0.2) is 9.84 Å². The van der Waals surface area contributed by atoms with E-state index in [1.807, 2.05) is 0 Å². The minimum absolute atomic E-state index is 0.00427. The van der Waals surface area contributed by atoms with Crippen LogP contribution in [-0.2, 0) is 35.1 Å². The van der Waals surface area contributed by atoms with Gasteiger partial charge in [-0.05, 0) is 52.6 Å². The first-order valence-corrected chi connectivity index (χ1v) is 11.2. The molecule has 0 unspecified atom stereocenters. The average molecular weight is 481 g/mol. The Morgan fingerprint density at radius 3 is 1.91 bits per heavy atom. The number of aromatic nitrogens is 1. The molecule has 0 fully saturated rings. The molecule has 11 heteroatoms. The van der Waals surface area contributed by atoms with Gasteiger partial charge in [0.25, 0.3) is 0 Å². The van der Waals surface area contributed by atoms with Crippen LogP contribution >= 0.6 is 0 Å². The Morgan fingerprint density at radius 2 is 1.48 bits per heavy atom. The zero-order valence-corrected chi connectivity index (χ0v) is 18.5. The highest BCUT2D eigenvalue weighted by Crippen LogP contribution is 2.47. The van der Waals surface area contributed by atoms with E-state index in [9.17, 15) is 31.2 Å². The fraction of sp³-hybridized carbons (Fsp3) is 0.227. The van der Waals surface area contributed by atoms with Crippen LogP contribution in [0.4, 0.5) is 13.2 Å². The number of benzene rings is 1. The summed E-state index contributed by atoms with van der Waals surface area (Å²) in [5.74, 6) is -2.02. The summed E-state index contributed by atoms with van der Waals surface area (Å²) < 4.78 is 71.9. The lowest BCUT2D eigenvalue weighted by Crippen LogP contribution is -2.39. The van der Waals surface area contributed by atoms with Gasteiger partial charge in [-0.2, -0.15) is 13.2 Å². The van der Waals surface area contributed by atoms with E-state index in [1.54, 1.807) is 0 Å². The van der Waals surface area contributed by atoms with Crippen LogP contribution in [0.25, 0.3) is 11.1 Å². The van der Waals surface area contributed by atoms with Crippen LogP contribution in [-0.4, -0.2) is 45.8 Å². The van der Waals surface area contributed by atoms with Crippen molar-refractivity contribution in [3.05, 3.63) is 71.6 Å². The number of carbonyl (C=O) groups excluding carboxylic acids is 2. The van der Waals surface area contributed by atoms with E-state index in [4.69, 9.17) is 9.47 Å². The van der Waals surface area contributed by atoms with Crippen LogP contribution in [0.3, 0.4) is 0 Å². The van der Waals surface area contributed by atoms with E-state index in [2.05, 4.69) is 4.98 Å². The summed E-state index contributed by atoms with van der Waals surface area (Å²) in [5, 5.41) is 0. The summed E-state index contributed by atoms with van der Waals surface area (Å²) in [4.78, 5) is 29.1. The second-order valence-corrected chi connectivity index (χ2v) is 9.19. The maximum Gasteiger partial charge on any atom is 0.433 e. The number of esters is 2. The molecular weight excluding hydrogens is 463 g/mol. The van der Waals surface area contributed by atoms with Crippen LogP contribution in [0.1, 0.15) is 16.8 Å². The normalized spacial score (nSPS) is 15.5. The van der Waals surface area contributed by atoms with Gasteiger partial charge >= 0.3 is 18.1 Å². The SMILES string of the molecule is COC(=O)C1(C(=O)OC)C=C(c2ccc(S(C)(=O)=O)cc2)C=C1c1ccc(C(F)(F)F)nc1. The second-order valence-electron chi connectivity index (χ2n) is 7.18. The Kier molecular flexibility index (Phi) is 6.20. The van der Waals surface area contributed by atoms with Gasteiger partial charge in [-0.15, -0.1) is 0 Å². The highest BCUT2D eigenvalue weighted by molar-refractivity contribution is 7.90. The molecule has 174 valence electrons. The van der Waals surface area contributed by atoms with Gasteiger partial charge in [0, 0.05) is 12.5 Å². The topological polar surface area (TPSA) is 99.6 Å². The van der Waals surface area contributed by atoms with Crippen molar-refractivity contribution in [1.29, 1.82) is 0 Å². The summed E-state index contributed by atoms with van der Waals surface area (Å²) in [6.45, 7) is 0. The van der Waals surface area contributed by atoms with Crippen LogP contribution in [0.15, 0.2) is 59.6 Å². The Hall–Kier alpha value is -3.47. The molecule has 0 radical (unpaired) electrons. The number of hydrogen-bond acceptors (Lipinski definition) is 7. The number of alkyl halides is 3. The number of nitrogens with zero attached hydrogens (tertiary/aromatic N) is 1. The molecule has 0 spiro atoms. The number of ether oxygens (including phenoxy) is 2. The third-order valence-corrected chi connectivity index (χ3v) is 6.22. The van der Waals surface area contributed by atoms with Gasteiger partial charge in [-0.3, -0.25) is 14.6 Å². The highest BCUT2D eigenvalue weighted by Gasteiger charge is 2.53. The van der Waals surface area contributed by atoms with E-state index in [-0.39, 0.29) is 16.0 Å². The summed E-state index contributed by atoms with van der Waals surface area (Å²) in [7, 11) is -1.34. The fourth-order valence-corrected chi connectivity index (χ4v) is 4.09. The van der Waals surface area contributed by atoms with Gasteiger partial charge in [0.05, 0.1) is 19.1 Å². The number of pyridine rings is 1. The van der Waals surface area contributed by atoms with E-state index >= 15 is 0 Å². The van der Waals surface area contributed by atoms with Crippen molar-refractivity contribution < 1.29 is 40.7 Å². The van der Waals surface area contributed by atoms with E-state index in [1.165, 1.54) is 36.4 Å². The molecule has 0 amide bonds. The van der Waals surface area contributed by atoms with E-state index in [0.717, 1.165) is 38.8 Å². The molecule has 1 aliphatic carbocycles. The third kappa shape index (κ3) is 4.40. The molecule has 0 N–H and O–H groups in total. The number of hydrogen-bond donors (Lipinski definition) is 0. The molecule has 0 saturated heterocycles. The van der Waals surface area contributed by atoms with Gasteiger partial charge in [0.1, 0.15) is 5.69 Å². The standard InChI is InChI=1S/C22H18F3NO6S/c1-31-19(27)21(20(28)32-2)11-15(13-4-7-16(8-5-13)33(3,29)30)10-17(21)14-6-9-18(26-12-14)22(23,24)25/h4-12H,1-3H3. The molecule has 1 aromatic carbocycles. The highest BCUT2D eigenvalue weighted by atomic mass is 32.2. The number of carbonyl (C=O) groups is 2. The smallest absolute Gasteiger partial charge is 0.433 e. The monoisotopic (exact) mass is 481 g/mol. The van der Waals surface area contributed by atoms with Crippen molar-refractivity contribution >= 4 is 32.9 Å². The molecule has 2 aromatic rings. The fourth-order valence-electron chi connectivity index (χ4n) is 3.46. The molecule has 0 aliphatic heterocycles. The minimum Gasteiger partial charge on any atom is -0.468 e. The largest absolute Gasteiger partial charge is 0.468 e. The molecule has 1 aliphatic rings. The first kappa shape index (κ1) is 24.2. The summed E-state index contributed by atoms with van der Waals surface area (Å²) >= 11 is 0. The van der Waals surface area contributed by atoms with Crippen molar-refractivity contribution in [3.8, 4) is 0 Å². The van der Waals surface area contributed by atoms with E-state index < -0.39 is 39.1 Å². The number of allylic oxidation sites excluding steroid dienone is 2. The van der Waals surface area contributed by atoms with Crippen LogP contribution in [0.5, 0.6) is 0 Å². The minimum atomic E-state index is -4.67. The lowest BCUT2D eigenvalue weighted by atomic mass is 9.79. The predicted molar refractivity (Wildman–Crippen MR) is 111 cm³/mol. The zero-order chi connectivity index (χ0) is 24.6. The molecule has 1 heterocycles. The lowest BCUT2D eigenvalue weighted by molar-refractivity contribution is -0.160. The Labute approximate surface area is 187 Å². The first-order valence-electron chi connectivity index (χ1n) is 9.30. The molecular formula is C22H18F3NO6S. The Bertz CT molecular complexity index is 1240. The first-order chi connectivity index (χ1) is 15.3. The summed E-state index contributed by atoms with van der Waals surface area (Å²) in [6, 6.07) is 7.49. The summed E-state index contributed by atoms with van der Waals surface area (Å²) in [6.07, 6.45) is -0.0271. The number of methoxy groups -OCH3 is 2. The van der Waals surface area contributed by atoms with Crippen molar-refractivity contribution in [2.24, 2.45) is 5.41 Å².